The lowest BCUT2D eigenvalue weighted by Crippen LogP contribution is -2.14. The van der Waals surface area contributed by atoms with Gasteiger partial charge in [0.25, 0.3) is 0 Å². The van der Waals surface area contributed by atoms with Crippen LogP contribution in [0.15, 0.2) is 52.9 Å². The van der Waals surface area contributed by atoms with E-state index in [2.05, 4.69) is 29.6 Å². The molecule has 1 N–H and O–H groups in total. The highest BCUT2D eigenvalue weighted by Crippen LogP contribution is 2.33. The average Bonchev–Trinajstić information content (AvgIpc) is 3.24. The predicted molar refractivity (Wildman–Crippen MR) is 86.5 cm³/mol. The highest BCUT2D eigenvalue weighted by atomic mass is 35.5. The molecule has 21 heavy (non-hydrogen) atoms. The van der Waals surface area contributed by atoms with Crippen LogP contribution in [0.4, 0.5) is 0 Å². The van der Waals surface area contributed by atoms with Crippen molar-refractivity contribution in [3.63, 3.8) is 0 Å². The summed E-state index contributed by atoms with van der Waals surface area (Å²) >= 11 is 6.39. The van der Waals surface area contributed by atoms with Crippen molar-refractivity contribution in [3.05, 3.63) is 59.3 Å². The highest BCUT2D eigenvalue weighted by molar-refractivity contribution is 6.35. The van der Waals surface area contributed by atoms with Crippen LogP contribution in [-0.2, 0) is 6.54 Å². The van der Waals surface area contributed by atoms with Gasteiger partial charge in [-0.05, 0) is 42.2 Å². The van der Waals surface area contributed by atoms with Gasteiger partial charge in [-0.1, -0.05) is 41.9 Å². The lowest BCUT2D eigenvalue weighted by molar-refractivity contribution is 0.512. The Morgan fingerprint density at radius 3 is 2.62 bits per heavy atom. The van der Waals surface area contributed by atoms with E-state index in [1.807, 2.05) is 24.3 Å². The molecule has 1 aromatic heterocycles. The summed E-state index contributed by atoms with van der Waals surface area (Å²) in [5.74, 6) is 0.948. The Bertz CT molecular complexity index is 775. The minimum Gasteiger partial charge on any atom is -0.458 e. The van der Waals surface area contributed by atoms with Gasteiger partial charge in [0.15, 0.2) is 5.58 Å². The van der Waals surface area contributed by atoms with Crippen molar-refractivity contribution in [2.75, 3.05) is 0 Å². The minimum absolute atomic E-state index is 0.670. The van der Waals surface area contributed by atoms with Gasteiger partial charge in [-0.15, -0.1) is 0 Å². The normalized spacial score (nSPS) is 14.7. The van der Waals surface area contributed by atoms with Crippen LogP contribution in [0, 0.1) is 0 Å². The van der Waals surface area contributed by atoms with E-state index in [-0.39, 0.29) is 0 Å². The third-order valence-corrected chi connectivity index (χ3v) is 4.15. The predicted octanol–water partition coefficient (Wildman–Crippen LogP) is 5.01. The number of nitrogens with one attached hydrogen (secondary N) is 1. The fourth-order valence-electron chi connectivity index (χ4n) is 2.58. The molecular formula is C18H16ClNO. The summed E-state index contributed by atoms with van der Waals surface area (Å²) in [6, 6.07) is 17.1. The van der Waals surface area contributed by atoms with Crippen molar-refractivity contribution in [2.24, 2.45) is 0 Å². The van der Waals surface area contributed by atoms with Gasteiger partial charge in [0, 0.05) is 11.4 Å². The lowest BCUT2D eigenvalue weighted by atomic mass is 10.0. The molecule has 0 spiro atoms. The topological polar surface area (TPSA) is 25.2 Å². The molecule has 0 saturated heterocycles. The van der Waals surface area contributed by atoms with E-state index in [1.165, 1.54) is 18.4 Å². The maximum atomic E-state index is 6.39. The molecule has 4 rings (SSSR count). The molecule has 1 saturated carbocycles. The summed E-state index contributed by atoms with van der Waals surface area (Å²) in [5, 5.41) is 5.20. The van der Waals surface area contributed by atoms with E-state index >= 15 is 0 Å². The fourth-order valence-corrected chi connectivity index (χ4v) is 2.85. The molecule has 1 aliphatic carbocycles. The van der Waals surface area contributed by atoms with Crippen LogP contribution in [0.2, 0.25) is 5.02 Å². The first-order valence-corrected chi connectivity index (χ1v) is 7.68. The van der Waals surface area contributed by atoms with Crippen LogP contribution in [0.3, 0.4) is 0 Å². The molecule has 1 fully saturated rings. The van der Waals surface area contributed by atoms with Crippen LogP contribution in [0.25, 0.3) is 22.1 Å². The molecule has 0 radical (unpaired) electrons. The first-order chi connectivity index (χ1) is 10.3. The average molecular weight is 298 g/mol. The third-order valence-electron chi connectivity index (χ3n) is 3.87. The second kappa shape index (κ2) is 5.21. The SMILES string of the molecule is Clc1cc(-c2ccccc2)cc2cc(CNC3CC3)oc12. The largest absolute Gasteiger partial charge is 0.458 e. The van der Waals surface area contributed by atoms with E-state index < -0.39 is 0 Å². The number of fused-ring (bicyclic) bond motifs is 1. The molecule has 1 heterocycles. The molecule has 3 heteroatoms. The molecule has 0 aliphatic heterocycles. The quantitative estimate of drug-likeness (QED) is 0.732. The standard InChI is InChI=1S/C18H16ClNO/c19-17-10-13(12-4-2-1-3-5-12)8-14-9-16(21-18(14)17)11-20-15-6-7-15/h1-5,8-10,15,20H,6-7,11H2. The Kier molecular flexibility index (Phi) is 3.21. The molecular weight excluding hydrogens is 282 g/mol. The van der Waals surface area contributed by atoms with Crippen molar-refractivity contribution >= 4 is 22.6 Å². The van der Waals surface area contributed by atoms with Gasteiger partial charge in [0.05, 0.1) is 11.6 Å². The first kappa shape index (κ1) is 12.9. The maximum absolute atomic E-state index is 6.39. The molecule has 0 unspecified atom stereocenters. The fraction of sp³-hybridized carbons (Fsp3) is 0.222. The molecule has 3 aromatic rings. The molecule has 0 bridgehead atoms. The van der Waals surface area contributed by atoms with Crippen LogP contribution in [0.5, 0.6) is 0 Å². The van der Waals surface area contributed by atoms with Gasteiger partial charge in [0.1, 0.15) is 5.76 Å². The molecule has 106 valence electrons. The van der Waals surface area contributed by atoms with Crippen molar-refractivity contribution in [3.8, 4) is 11.1 Å². The monoisotopic (exact) mass is 297 g/mol. The highest BCUT2D eigenvalue weighted by Gasteiger charge is 2.21. The van der Waals surface area contributed by atoms with E-state index in [4.69, 9.17) is 16.0 Å². The van der Waals surface area contributed by atoms with E-state index in [1.54, 1.807) is 0 Å². The number of hydrogen-bond acceptors (Lipinski definition) is 2. The summed E-state index contributed by atoms with van der Waals surface area (Å²) in [7, 11) is 0. The third kappa shape index (κ3) is 2.69. The van der Waals surface area contributed by atoms with Crippen LogP contribution in [0.1, 0.15) is 18.6 Å². The summed E-state index contributed by atoms with van der Waals surface area (Å²) < 4.78 is 5.87. The Hall–Kier alpha value is -1.77. The van der Waals surface area contributed by atoms with Crippen molar-refractivity contribution in [2.45, 2.75) is 25.4 Å². The van der Waals surface area contributed by atoms with E-state index in [0.717, 1.165) is 28.8 Å². The Labute approximate surface area is 128 Å². The first-order valence-electron chi connectivity index (χ1n) is 7.30. The van der Waals surface area contributed by atoms with Crippen molar-refractivity contribution < 1.29 is 4.42 Å². The molecule has 0 amide bonds. The smallest absolute Gasteiger partial charge is 0.152 e. The Morgan fingerprint density at radius 1 is 1.05 bits per heavy atom. The van der Waals surface area contributed by atoms with Gasteiger partial charge < -0.3 is 9.73 Å². The lowest BCUT2D eigenvalue weighted by Gasteiger charge is -2.02. The van der Waals surface area contributed by atoms with E-state index in [0.29, 0.717) is 11.1 Å². The Balaban J connectivity index is 1.71. The summed E-state index contributed by atoms with van der Waals surface area (Å²) in [5.41, 5.74) is 3.07. The van der Waals surface area contributed by atoms with Crippen molar-refractivity contribution in [1.82, 2.24) is 5.32 Å². The summed E-state index contributed by atoms with van der Waals surface area (Å²) in [6.45, 7) is 0.774. The van der Waals surface area contributed by atoms with Crippen LogP contribution in [-0.4, -0.2) is 6.04 Å². The number of furan rings is 1. The number of rotatable bonds is 4. The second-order valence-electron chi connectivity index (χ2n) is 5.61. The van der Waals surface area contributed by atoms with Crippen LogP contribution < -0.4 is 5.32 Å². The summed E-state index contributed by atoms with van der Waals surface area (Å²) in [6.07, 6.45) is 2.55. The van der Waals surface area contributed by atoms with Gasteiger partial charge >= 0.3 is 0 Å². The zero-order valence-electron chi connectivity index (χ0n) is 11.6. The number of halogens is 1. The second-order valence-corrected chi connectivity index (χ2v) is 6.02. The van der Waals surface area contributed by atoms with Gasteiger partial charge in [-0.25, -0.2) is 0 Å². The summed E-state index contributed by atoms with van der Waals surface area (Å²) in [4.78, 5) is 0. The van der Waals surface area contributed by atoms with Gasteiger partial charge in [0.2, 0.25) is 0 Å². The molecule has 1 aliphatic rings. The van der Waals surface area contributed by atoms with Gasteiger partial charge in [-0.3, -0.25) is 0 Å². The molecule has 2 nitrogen and oxygen atoms in total. The van der Waals surface area contributed by atoms with Crippen molar-refractivity contribution in [1.29, 1.82) is 0 Å². The zero-order chi connectivity index (χ0) is 14.2. The number of hydrogen-bond donors (Lipinski definition) is 1. The van der Waals surface area contributed by atoms with E-state index in [9.17, 15) is 0 Å². The van der Waals surface area contributed by atoms with Gasteiger partial charge in [-0.2, -0.15) is 0 Å². The maximum Gasteiger partial charge on any atom is 0.152 e. The molecule has 2 aromatic carbocycles. The van der Waals surface area contributed by atoms with Crippen LogP contribution >= 0.6 is 11.6 Å². The molecule has 0 atom stereocenters. The Morgan fingerprint density at radius 2 is 1.86 bits per heavy atom. The minimum atomic E-state index is 0.670. The number of benzene rings is 2. The zero-order valence-corrected chi connectivity index (χ0v) is 12.4.